The van der Waals surface area contributed by atoms with E-state index in [1.54, 1.807) is 0 Å². The molecule has 3 rings (SSSR count). The highest BCUT2D eigenvalue weighted by molar-refractivity contribution is 6.47. The fraction of sp³-hybridized carbons (Fsp3) is 0.0667. The molecule has 1 N–H and O–H groups in total. The zero-order valence-electron chi connectivity index (χ0n) is 12.0. The van der Waals surface area contributed by atoms with Crippen molar-refractivity contribution in [3.05, 3.63) is 70.3 Å². The summed E-state index contributed by atoms with van der Waals surface area (Å²) in [6.07, 6.45) is 0. The molecule has 2 nitrogen and oxygen atoms in total. The second-order valence-electron chi connectivity index (χ2n) is 5.17. The maximum Gasteiger partial charge on any atom is 0.537 e. The van der Waals surface area contributed by atoms with Crippen molar-refractivity contribution in [1.82, 2.24) is 0 Å². The van der Waals surface area contributed by atoms with Gasteiger partial charge in [-0.3, -0.25) is 0 Å². The number of hydrogen-bond acceptors (Lipinski definition) is 2. The summed E-state index contributed by atoms with van der Waals surface area (Å²) in [6, 6.07) is 1.96. The van der Waals surface area contributed by atoms with Gasteiger partial charge in [-0.2, -0.15) is 4.39 Å². The Morgan fingerprint density at radius 2 is 1.56 bits per heavy atom. The van der Waals surface area contributed by atoms with Crippen molar-refractivity contribution in [2.45, 2.75) is 5.82 Å². The third-order valence-corrected chi connectivity index (χ3v) is 3.66. The van der Waals surface area contributed by atoms with E-state index in [0.717, 1.165) is 6.07 Å². The zero-order valence-corrected chi connectivity index (χ0v) is 12.0. The van der Waals surface area contributed by atoms with Gasteiger partial charge < -0.3 is 9.68 Å². The Morgan fingerprint density at radius 3 is 2.24 bits per heavy atom. The van der Waals surface area contributed by atoms with E-state index in [1.165, 1.54) is 0 Å². The summed E-state index contributed by atoms with van der Waals surface area (Å²) in [5.74, 6) is -14.2. The second-order valence-corrected chi connectivity index (χ2v) is 5.17. The van der Waals surface area contributed by atoms with E-state index in [1.807, 2.05) is 0 Å². The molecule has 10 heteroatoms. The average molecular weight is 362 g/mol. The van der Waals surface area contributed by atoms with Gasteiger partial charge in [0.05, 0.1) is 11.4 Å². The lowest BCUT2D eigenvalue weighted by atomic mass is 9.69. The van der Waals surface area contributed by atoms with Crippen LogP contribution in [0.2, 0.25) is 0 Å². The van der Waals surface area contributed by atoms with Crippen molar-refractivity contribution >= 4 is 12.9 Å². The van der Waals surface area contributed by atoms with E-state index in [2.05, 4.69) is 4.65 Å². The van der Waals surface area contributed by atoms with Gasteiger partial charge in [-0.1, -0.05) is 6.07 Å². The molecule has 1 aliphatic carbocycles. The molecule has 130 valence electrons. The molecule has 0 aromatic heterocycles. The van der Waals surface area contributed by atoms with Gasteiger partial charge in [0.2, 0.25) is 0 Å². The predicted octanol–water partition coefficient (Wildman–Crippen LogP) is 4.19. The molecule has 25 heavy (non-hydrogen) atoms. The van der Waals surface area contributed by atoms with Crippen molar-refractivity contribution in [2.75, 3.05) is 0 Å². The van der Waals surface area contributed by atoms with Gasteiger partial charge in [0.15, 0.2) is 29.1 Å². The van der Waals surface area contributed by atoms with Gasteiger partial charge in [0.25, 0.3) is 0 Å². The minimum atomic E-state index is -2.37. The summed E-state index contributed by atoms with van der Waals surface area (Å²) < 4.78 is 99.1. The van der Waals surface area contributed by atoms with Crippen molar-refractivity contribution in [2.24, 2.45) is 0 Å². The van der Waals surface area contributed by atoms with Crippen molar-refractivity contribution in [1.29, 1.82) is 0 Å². The fourth-order valence-corrected chi connectivity index (χ4v) is 2.54. The van der Waals surface area contributed by atoms with Crippen LogP contribution in [-0.4, -0.2) is 12.1 Å². The van der Waals surface area contributed by atoms with Gasteiger partial charge in [0, 0.05) is 12.1 Å². The maximum atomic E-state index is 14.0. The van der Waals surface area contributed by atoms with Crippen molar-refractivity contribution < 1.29 is 40.4 Å². The Labute approximate surface area is 136 Å². The van der Waals surface area contributed by atoms with Crippen LogP contribution in [0.1, 0.15) is 16.9 Å². The minimum Gasteiger partial charge on any atom is -0.533 e. The molecular formula is C15H6BF7O2. The van der Waals surface area contributed by atoms with Crippen LogP contribution in [0.4, 0.5) is 30.7 Å². The van der Waals surface area contributed by atoms with Gasteiger partial charge in [-0.25, -0.2) is 26.3 Å². The number of halogens is 7. The highest BCUT2D eigenvalue weighted by Gasteiger charge is 2.45. The largest absolute Gasteiger partial charge is 0.537 e. The molecule has 0 saturated carbocycles. The molecule has 0 bridgehead atoms. The number of benzene rings is 2. The summed E-state index contributed by atoms with van der Waals surface area (Å²) in [5.41, 5.74) is -1.55. The van der Waals surface area contributed by atoms with Crippen LogP contribution in [-0.2, 0) is 0 Å². The molecule has 0 heterocycles. The van der Waals surface area contributed by atoms with E-state index in [-0.39, 0.29) is 6.07 Å². The first-order chi connectivity index (χ1) is 11.7. The van der Waals surface area contributed by atoms with Gasteiger partial charge >= 0.3 is 7.12 Å². The molecule has 0 spiro atoms. The summed E-state index contributed by atoms with van der Waals surface area (Å²) >= 11 is 0. The number of allylic oxidation sites excluding steroid dienone is 1. The lowest BCUT2D eigenvalue weighted by Crippen LogP contribution is -2.31. The number of rotatable bonds is 3. The van der Waals surface area contributed by atoms with E-state index >= 15 is 0 Å². The van der Waals surface area contributed by atoms with Gasteiger partial charge in [-0.15, -0.1) is 0 Å². The first kappa shape index (κ1) is 17.3. The summed E-state index contributed by atoms with van der Waals surface area (Å²) in [4.78, 5) is 0. The topological polar surface area (TPSA) is 29.5 Å². The number of fused-ring (bicyclic) bond motifs is 1. The summed E-state index contributed by atoms with van der Waals surface area (Å²) in [6.45, 7) is 0. The molecule has 0 radical (unpaired) electrons. The van der Waals surface area contributed by atoms with Crippen LogP contribution in [0, 0.1) is 29.1 Å². The molecule has 0 saturated heterocycles. The Bertz CT molecular complexity index is 900. The van der Waals surface area contributed by atoms with Crippen LogP contribution >= 0.6 is 0 Å². The van der Waals surface area contributed by atoms with Crippen LogP contribution in [0.3, 0.4) is 0 Å². The zero-order chi connectivity index (χ0) is 18.5. The molecular weight excluding hydrogens is 356 g/mol. The van der Waals surface area contributed by atoms with Crippen LogP contribution < -0.4 is 4.65 Å². The van der Waals surface area contributed by atoms with E-state index in [9.17, 15) is 35.8 Å². The van der Waals surface area contributed by atoms with E-state index in [0.29, 0.717) is 12.1 Å². The molecule has 2 aromatic carbocycles. The van der Waals surface area contributed by atoms with Crippen molar-refractivity contribution in [3.8, 4) is 5.75 Å². The molecule has 2 aromatic rings. The Hall–Kier alpha value is -2.49. The molecule has 1 aliphatic rings. The number of hydrogen-bond donors (Lipinski definition) is 1. The Morgan fingerprint density at radius 1 is 0.880 bits per heavy atom. The first-order valence-corrected chi connectivity index (χ1v) is 6.75. The quantitative estimate of drug-likeness (QED) is 0.504. The molecule has 0 amide bonds. The van der Waals surface area contributed by atoms with Gasteiger partial charge in [-0.05, 0) is 11.6 Å². The Balaban J connectivity index is 2.00. The summed E-state index contributed by atoms with van der Waals surface area (Å²) in [7, 11) is -2.37. The van der Waals surface area contributed by atoms with Crippen LogP contribution in [0.15, 0.2) is 30.1 Å². The minimum absolute atomic E-state index is 0.206. The second kappa shape index (κ2) is 6.10. The fourth-order valence-electron chi connectivity index (χ4n) is 2.54. The first-order valence-electron chi connectivity index (χ1n) is 6.75. The molecule has 1 unspecified atom stereocenters. The van der Waals surface area contributed by atoms with E-state index in [4.69, 9.17) is 0 Å². The van der Waals surface area contributed by atoms with E-state index < -0.39 is 70.6 Å². The molecule has 0 aliphatic heterocycles. The third-order valence-electron chi connectivity index (χ3n) is 3.66. The van der Waals surface area contributed by atoms with Crippen LogP contribution in [0.5, 0.6) is 5.75 Å². The Kier molecular flexibility index (Phi) is 4.23. The molecule has 0 fully saturated rings. The molecule has 1 atom stereocenters. The highest BCUT2D eigenvalue weighted by Crippen LogP contribution is 2.46. The lowest BCUT2D eigenvalue weighted by Gasteiger charge is -2.17. The smallest absolute Gasteiger partial charge is 0.533 e. The normalized spacial score (nSPS) is 16.2. The SMILES string of the molecule is OB(Oc1cc(F)cc(F)c1F)C1C(F)=C(F)c2c1ccc(F)c2F. The van der Waals surface area contributed by atoms with Crippen molar-refractivity contribution in [3.63, 3.8) is 0 Å². The summed E-state index contributed by atoms with van der Waals surface area (Å²) in [5, 5.41) is 9.91. The predicted molar refractivity (Wildman–Crippen MR) is 73.2 cm³/mol. The standard InChI is InChI=1S/C15H6BF7O2/c17-5-3-8(19)12(20)9(4-5)25-16(24)11-6-1-2-7(18)13(21)10(6)14(22)15(11)23/h1-4,11,24H. The third kappa shape index (κ3) is 2.76. The van der Waals surface area contributed by atoms with Gasteiger partial charge in [0.1, 0.15) is 17.4 Å². The maximum absolute atomic E-state index is 14.0. The highest BCUT2D eigenvalue weighted by atomic mass is 19.2. The van der Waals surface area contributed by atoms with Crippen LogP contribution in [0.25, 0.3) is 5.83 Å². The monoisotopic (exact) mass is 362 g/mol. The lowest BCUT2D eigenvalue weighted by molar-refractivity contribution is 0.368. The average Bonchev–Trinajstić information content (AvgIpc) is 2.80.